The zero-order valence-electron chi connectivity index (χ0n) is 7.15. The van der Waals surface area contributed by atoms with E-state index in [2.05, 4.69) is 36.7 Å². The predicted octanol–water partition coefficient (Wildman–Crippen LogP) is 3.60. The Bertz CT molecular complexity index is 106. The van der Waals surface area contributed by atoms with Crippen molar-refractivity contribution in [3.05, 3.63) is 0 Å². The van der Waals surface area contributed by atoms with Crippen LogP contribution in [0, 0.1) is 11.3 Å². The highest BCUT2D eigenvalue weighted by atomic mass is 79.9. The number of hydrogen-bond donors (Lipinski definition) is 0. The third-order valence-corrected chi connectivity index (χ3v) is 3.03. The molecule has 1 rings (SSSR count). The first kappa shape index (κ1) is 8.58. The molecule has 0 saturated heterocycles. The van der Waals surface area contributed by atoms with E-state index in [4.69, 9.17) is 0 Å². The zero-order valence-corrected chi connectivity index (χ0v) is 8.74. The van der Waals surface area contributed by atoms with Crippen LogP contribution in [-0.2, 0) is 0 Å². The van der Waals surface area contributed by atoms with E-state index >= 15 is 0 Å². The highest BCUT2D eigenvalue weighted by Gasteiger charge is 2.30. The van der Waals surface area contributed by atoms with E-state index < -0.39 is 0 Å². The summed E-state index contributed by atoms with van der Waals surface area (Å²) in [5, 5.41) is 0. The number of hydrogen-bond acceptors (Lipinski definition) is 0. The minimum absolute atomic E-state index is 0.575. The second-order valence-corrected chi connectivity index (χ2v) is 5.81. The lowest BCUT2D eigenvalue weighted by atomic mass is 9.73. The summed E-state index contributed by atoms with van der Waals surface area (Å²) in [6.07, 6.45) is 4.11. The van der Waals surface area contributed by atoms with Gasteiger partial charge in [-0.25, -0.2) is 0 Å². The molecule has 1 aliphatic rings. The Morgan fingerprint density at radius 1 is 1.30 bits per heavy atom. The molecular formula is C9H17Br. The van der Waals surface area contributed by atoms with Crippen molar-refractivity contribution >= 4 is 15.9 Å². The van der Waals surface area contributed by atoms with Gasteiger partial charge in [-0.1, -0.05) is 36.7 Å². The molecule has 0 nitrogen and oxygen atoms in total. The van der Waals surface area contributed by atoms with Gasteiger partial charge < -0.3 is 0 Å². The van der Waals surface area contributed by atoms with Crippen molar-refractivity contribution in [3.8, 4) is 0 Å². The quantitative estimate of drug-likeness (QED) is 0.530. The maximum Gasteiger partial charge on any atom is 0.0153 e. The first-order valence-corrected chi connectivity index (χ1v) is 5.05. The van der Waals surface area contributed by atoms with Crippen LogP contribution in [0.4, 0.5) is 0 Å². The van der Waals surface area contributed by atoms with E-state index in [1.165, 1.54) is 19.3 Å². The maximum atomic E-state index is 3.70. The molecule has 1 aliphatic carbocycles. The lowest BCUT2D eigenvalue weighted by molar-refractivity contribution is 0.199. The fourth-order valence-corrected chi connectivity index (χ4v) is 3.74. The van der Waals surface area contributed by atoms with Crippen LogP contribution in [-0.4, -0.2) is 4.83 Å². The fourth-order valence-electron chi connectivity index (χ4n) is 2.23. The Morgan fingerprint density at radius 2 is 1.90 bits per heavy atom. The predicted molar refractivity (Wildman–Crippen MR) is 49.5 cm³/mol. The molecule has 2 atom stereocenters. The van der Waals surface area contributed by atoms with Crippen LogP contribution >= 0.6 is 15.9 Å². The third-order valence-electron chi connectivity index (χ3n) is 2.33. The van der Waals surface area contributed by atoms with Crippen LogP contribution in [0.15, 0.2) is 0 Å². The van der Waals surface area contributed by atoms with Gasteiger partial charge in [0.05, 0.1) is 0 Å². The highest BCUT2D eigenvalue weighted by Crippen LogP contribution is 2.41. The Morgan fingerprint density at radius 3 is 2.30 bits per heavy atom. The van der Waals surface area contributed by atoms with Crippen molar-refractivity contribution in [1.82, 2.24) is 0 Å². The Hall–Kier alpha value is 0.480. The topological polar surface area (TPSA) is 0 Å². The normalized spacial score (nSPS) is 39.6. The molecule has 0 spiro atoms. The van der Waals surface area contributed by atoms with E-state index in [-0.39, 0.29) is 0 Å². The van der Waals surface area contributed by atoms with E-state index in [9.17, 15) is 0 Å². The number of alkyl halides is 1. The molecule has 0 bridgehead atoms. The van der Waals surface area contributed by atoms with E-state index in [0.29, 0.717) is 5.41 Å². The first-order valence-electron chi connectivity index (χ1n) is 4.14. The average molecular weight is 205 g/mol. The van der Waals surface area contributed by atoms with Crippen LogP contribution in [0.3, 0.4) is 0 Å². The van der Waals surface area contributed by atoms with Gasteiger partial charge in [-0.05, 0) is 30.6 Å². The molecule has 60 valence electrons. The van der Waals surface area contributed by atoms with Crippen molar-refractivity contribution in [2.24, 2.45) is 11.3 Å². The SMILES string of the molecule is C[C@H]1C[C@H](Br)CC(C)(C)C1. The molecule has 0 aromatic heterocycles. The van der Waals surface area contributed by atoms with Crippen molar-refractivity contribution < 1.29 is 0 Å². The van der Waals surface area contributed by atoms with E-state index in [1.807, 2.05) is 0 Å². The molecule has 0 radical (unpaired) electrons. The van der Waals surface area contributed by atoms with Gasteiger partial charge in [-0.15, -0.1) is 0 Å². The minimum Gasteiger partial charge on any atom is -0.0890 e. The average Bonchev–Trinajstić information content (AvgIpc) is 1.54. The molecule has 0 unspecified atom stereocenters. The second-order valence-electron chi connectivity index (χ2n) is 4.51. The Kier molecular flexibility index (Phi) is 2.44. The summed E-state index contributed by atoms with van der Waals surface area (Å²) < 4.78 is 0. The number of rotatable bonds is 0. The molecule has 0 amide bonds. The summed E-state index contributed by atoms with van der Waals surface area (Å²) in [5.41, 5.74) is 0.575. The van der Waals surface area contributed by atoms with E-state index in [0.717, 1.165) is 10.7 Å². The smallest absolute Gasteiger partial charge is 0.0153 e. The van der Waals surface area contributed by atoms with Gasteiger partial charge in [0.1, 0.15) is 0 Å². The largest absolute Gasteiger partial charge is 0.0890 e. The van der Waals surface area contributed by atoms with Gasteiger partial charge in [0.15, 0.2) is 0 Å². The Balaban J connectivity index is 2.51. The molecular weight excluding hydrogens is 188 g/mol. The van der Waals surface area contributed by atoms with Crippen molar-refractivity contribution in [3.63, 3.8) is 0 Å². The van der Waals surface area contributed by atoms with E-state index in [1.54, 1.807) is 0 Å². The zero-order chi connectivity index (χ0) is 7.78. The molecule has 1 fully saturated rings. The maximum absolute atomic E-state index is 3.70. The van der Waals surface area contributed by atoms with Gasteiger partial charge in [0.25, 0.3) is 0 Å². The van der Waals surface area contributed by atoms with Gasteiger partial charge >= 0.3 is 0 Å². The van der Waals surface area contributed by atoms with Crippen LogP contribution in [0.5, 0.6) is 0 Å². The molecule has 1 heteroatoms. The molecule has 0 heterocycles. The summed E-state index contributed by atoms with van der Waals surface area (Å²) in [7, 11) is 0. The van der Waals surface area contributed by atoms with Gasteiger partial charge in [-0.2, -0.15) is 0 Å². The van der Waals surface area contributed by atoms with Gasteiger partial charge in [0, 0.05) is 4.83 Å². The molecule has 10 heavy (non-hydrogen) atoms. The number of halogens is 1. The van der Waals surface area contributed by atoms with Crippen LogP contribution in [0.2, 0.25) is 0 Å². The minimum atomic E-state index is 0.575. The molecule has 0 N–H and O–H groups in total. The van der Waals surface area contributed by atoms with Crippen molar-refractivity contribution in [2.45, 2.75) is 44.9 Å². The lowest BCUT2D eigenvalue weighted by Crippen LogP contribution is -2.27. The monoisotopic (exact) mass is 204 g/mol. The summed E-state index contributed by atoms with van der Waals surface area (Å²) in [5.74, 6) is 0.910. The fraction of sp³-hybridized carbons (Fsp3) is 1.00. The Labute approximate surface area is 72.5 Å². The third kappa shape index (κ3) is 2.26. The van der Waals surface area contributed by atoms with Gasteiger partial charge in [0.2, 0.25) is 0 Å². The highest BCUT2D eigenvalue weighted by molar-refractivity contribution is 9.09. The standard InChI is InChI=1S/C9H17Br/c1-7-4-8(10)6-9(2,3)5-7/h7-8H,4-6H2,1-3H3/t7-,8-/m0/s1. The van der Waals surface area contributed by atoms with Gasteiger partial charge in [-0.3, -0.25) is 0 Å². The molecule has 0 aromatic rings. The lowest BCUT2D eigenvalue weighted by Gasteiger charge is -2.36. The molecule has 0 aromatic carbocycles. The second kappa shape index (κ2) is 2.84. The van der Waals surface area contributed by atoms with Crippen molar-refractivity contribution in [2.75, 3.05) is 0 Å². The molecule has 0 aliphatic heterocycles. The summed E-state index contributed by atoms with van der Waals surface area (Å²) in [6, 6.07) is 0. The first-order chi connectivity index (χ1) is 4.49. The summed E-state index contributed by atoms with van der Waals surface area (Å²) in [4.78, 5) is 0.770. The molecule has 1 saturated carbocycles. The van der Waals surface area contributed by atoms with Crippen LogP contribution in [0.1, 0.15) is 40.0 Å². The van der Waals surface area contributed by atoms with Crippen LogP contribution < -0.4 is 0 Å². The van der Waals surface area contributed by atoms with Crippen LogP contribution in [0.25, 0.3) is 0 Å². The summed E-state index contributed by atoms with van der Waals surface area (Å²) in [6.45, 7) is 7.10. The van der Waals surface area contributed by atoms with Crippen molar-refractivity contribution in [1.29, 1.82) is 0 Å². The summed E-state index contributed by atoms with van der Waals surface area (Å²) >= 11 is 3.70.